The summed E-state index contributed by atoms with van der Waals surface area (Å²) in [5.74, 6) is -0.191. The van der Waals surface area contributed by atoms with Gasteiger partial charge in [0, 0.05) is 13.1 Å². The van der Waals surface area contributed by atoms with Crippen LogP contribution >= 0.6 is 0 Å². The van der Waals surface area contributed by atoms with Crippen molar-refractivity contribution in [3.63, 3.8) is 0 Å². The number of likely N-dealkylation sites (tertiary alicyclic amines) is 1. The van der Waals surface area contributed by atoms with Gasteiger partial charge in [-0.15, -0.1) is 0 Å². The first-order valence-corrected chi connectivity index (χ1v) is 12.7. The average molecular weight is 444 g/mol. The predicted octanol–water partition coefficient (Wildman–Crippen LogP) is 6.84. The van der Waals surface area contributed by atoms with Crippen LogP contribution in [0.5, 0.6) is 0 Å². The van der Waals surface area contributed by atoms with E-state index < -0.39 is 0 Å². The molecule has 3 heteroatoms. The molecule has 1 saturated heterocycles. The van der Waals surface area contributed by atoms with Gasteiger partial charge in [0.2, 0.25) is 0 Å². The molecule has 0 bridgehead atoms. The molecule has 2 aliphatic rings. The highest BCUT2D eigenvalue weighted by Gasteiger charge is 2.38. The molecule has 1 unspecified atom stereocenters. The van der Waals surface area contributed by atoms with Crippen molar-refractivity contribution in [2.75, 3.05) is 13.1 Å². The van der Waals surface area contributed by atoms with E-state index in [4.69, 9.17) is 4.74 Å². The van der Waals surface area contributed by atoms with Crippen LogP contribution in [0.1, 0.15) is 73.4 Å². The van der Waals surface area contributed by atoms with Crippen molar-refractivity contribution < 1.29 is 9.53 Å². The summed E-state index contributed by atoms with van der Waals surface area (Å²) >= 11 is 0. The number of nitrogens with zero attached hydrogens (tertiary/aromatic N) is 1. The second-order valence-electron chi connectivity index (χ2n) is 9.38. The molecule has 0 spiro atoms. The number of unbranched alkanes of at least 4 members (excludes halogenated alkanes) is 3. The SMILES string of the molecule is CCCCCCc1ccc(C(=O)OC2CCN(C3(c4ccccc4)C=CC=CC3)CC2)cc1. The van der Waals surface area contributed by atoms with Crippen LogP contribution in [-0.4, -0.2) is 30.1 Å². The summed E-state index contributed by atoms with van der Waals surface area (Å²) in [6, 6.07) is 18.8. The van der Waals surface area contributed by atoms with Crippen molar-refractivity contribution >= 4 is 5.97 Å². The Hall–Kier alpha value is -2.65. The molecule has 1 atom stereocenters. The second-order valence-corrected chi connectivity index (χ2v) is 9.38. The first-order chi connectivity index (χ1) is 16.2. The topological polar surface area (TPSA) is 29.5 Å². The van der Waals surface area contributed by atoms with Gasteiger partial charge in [0.05, 0.1) is 11.1 Å². The number of ether oxygens (including phenoxy) is 1. The Morgan fingerprint density at radius 3 is 2.39 bits per heavy atom. The summed E-state index contributed by atoms with van der Waals surface area (Å²) < 4.78 is 5.91. The Labute approximate surface area is 199 Å². The fourth-order valence-electron chi connectivity index (χ4n) is 5.12. The fourth-order valence-corrected chi connectivity index (χ4v) is 5.12. The van der Waals surface area contributed by atoms with Crippen LogP contribution in [0, 0.1) is 0 Å². The number of hydrogen-bond acceptors (Lipinski definition) is 3. The lowest BCUT2D eigenvalue weighted by Crippen LogP contribution is -2.50. The van der Waals surface area contributed by atoms with E-state index in [1.54, 1.807) is 0 Å². The minimum atomic E-state index is -0.191. The molecule has 0 radical (unpaired) electrons. The minimum absolute atomic E-state index is 0.0154. The van der Waals surface area contributed by atoms with E-state index in [0.29, 0.717) is 5.56 Å². The van der Waals surface area contributed by atoms with Crippen molar-refractivity contribution in [1.82, 2.24) is 4.90 Å². The van der Waals surface area contributed by atoms with Crippen LogP contribution < -0.4 is 0 Å². The molecule has 1 aliphatic heterocycles. The molecule has 0 saturated carbocycles. The van der Waals surface area contributed by atoms with Crippen LogP contribution in [0.3, 0.4) is 0 Å². The van der Waals surface area contributed by atoms with Gasteiger partial charge in [-0.3, -0.25) is 4.90 Å². The summed E-state index contributed by atoms with van der Waals surface area (Å²) in [6.45, 7) is 4.07. The summed E-state index contributed by atoms with van der Waals surface area (Å²) in [6.07, 6.45) is 17.7. The molecule has 4 rings (SSSR count). The van der Waals surface area contributed by atoms with E-state index in [2.05, 4.69) is 78.6 Å². The van der Waals surface area contributed by atoms with E-state index >= 15 is 0 Å². The van der Waals surface area contributed by atoms with Gasteiger partial charge in [-0.25, -0.2) is 4.79 Å². The monoisotopic (exact) mass is 443 g/mol. The second kappa shape index (κ2) is 11.5. The number of esters is 1. The van der Waals surface area contributed by atoms with Crippen molar-refractivity contribution in [3.8, 4) is 0 Å². The van der Waals surface area contributed by atoms with Gasteiger partial charge in [0.15, 0.2) is 0 Å². The van der Waals surface area contributed by atoms with Crippen LogP contribution in [0.4, 0.5) is 0 Å². The third kappa shape index (κ3) is 5.83. The highest BCUT2D eigenvalue weighted by molar-refractivity contribution is 5.89. The van der Waals surface area contributed by atoms with Gasteiger partial charge in [0.25, 0.3) is 0 Å². The Morgan fingerprint density at radius 2 is 1.73 bits per heavy atom. The van der Waals surface area contributed by atoms with Gasteiger partial charge in [0.1, 0.15) is 6.10 Å². The van der Waals surface area contributed by atoms with Gasteiger partial charge >= 0.3 is 5.97 Å². The number of carbonyl (C=O) groups is 1. The first-order valence-electron chi connectivity index (χ1n) is 12.7. The average Bonchev–Trinajstić information content (AvgIpc) is 2.88. The van der Waals surface area contributed by atoms with Crippen LogP contribution in [0.15, 0.2) is 78.9 Å². The zero-order valence-electron chi connectivity index (χ0n) is 19.9. The molecule has 2 aromatic rings. The predicted molar refractivity (Wildman–Crippen MR) is 135 cm³/mol. The summed E-state index contributed by atoms with van der Waals surface area (Å²) in [4.78, 5) is 15.3. The summed E-state index contributed by atoms with van der Waals surface area (Å²) in [5, 5.41) is 0. The molecule has 2 aromatic carbocycles. The van der Waals surface area contributed by atoms with Gasteiger partial charge < -0.3 is 4.74 Å². The van der Waals surface area contributed by atoms with E-state index in [1.165, 1.54) is 36.8 Å². The number of benzene rings is 2. The number of piperidine rings is 1. The van der Waals surface area contributed by atoms with Crippen LogP contribution in [0.2, 0.25) is 0 Å². The molecule has 0 amide bonds. The molecule has 1 aliphatic carbocycles. The zero-order chi connectivity index (χ0) is 22.9. The maximum Gasteiger partial charge on any atom is 0.338 e. The lowest BCUT2D eigenvalue weighted by Gasteiger charge is -2.46. The Morgan fingerprint density at radius 1 is 0.970 bits per heavy atom. The third-order valence-electron chi connectivity index (χ3n) is 7.11. The lowest BCUT2D eigenvalue weighted by atomic mass is 9.81. The smallest absolute Gasteiger partial charge is 0.338 e. The van der Waals surface area contributed by atoms with Crippen molar-refractivity contribution in [2.24, 2.45) is 0 Å². The Kier molecular flexibility index (Phi) is 8.17. The standard InChI is InChI=1S/C30H37NO2/c1-2-3-4-7-12-25-15-17-26(18-16-25)29(32)33-28-19-23-31(24-20-28)30(21-10-6-11-22-30)27-13-8-5-9-14-27/h5-6,8-11,13-18,21,28H,2-4,7,12,19-20,22-24H2,1H3. The molecule has 1 heterocycles. The number of allylic oxidation sites excluding steroid dienone is 2. The molecular formula is C30H37NO2. The number of carbonyl (C=O) groups excluding carboxylic acids is 1. The molecule has 33 heavy (non-hydrogen) atoms. The third-order valence-corrected chi connectivity index (χ3v) is 7.11. The van der Waals surface area contributed by atoms with Crippen molar-refractivity contribution in [1.29, 1.82) is 0 Å². The van der Waals surface area contributed by atoms with E-state index in [-0.39, 0.29) is 17.6 Å². The molecule has 0 aromatic heterocycles. The molecular weight excluding hydrogens is 406 g/mol. The molecule has 174 valence electrons. The minimum Gasteiger partial charge on any atom is -0.459 e. The fraction of sp³-hybridized carbons (Fsp3) is 0.433. The number of rotatable bonds is 9. The Bertz CT molecular complexity index is 939. The van der Waals surface area contributed by atoms with Gasteiger partial charge in [-0.2, -0.15) is 0 Å². The van der Waals surface area contributed by atoms with Crippen LogP contribution in [0.25, 0.3) is 0 Å². The number of hydrogen-bond donors (Lipinski definition) is 0. The van der Waals surface area contributed by atoms with Crippen molar-refractivity contribution in [3.05, 3.63) is 95.6 Å². The first kappa shape index (κ1) is 23.5. The highest BCUT2D eigenvalue weighted by Crippen LogP contribution is 2.38. The normalized spacial score (nSPS) is 21.2. The van der Waals surface area contributed by atoms with Crippen molar-refractivity contribution in [2.45, 2.75) is 69.9 Å². The van der Waals surface area contributed by atoms with Gasteiger partial charge in [-0.1, -0.05) is 93.0 Å². The van der Waals surface area contributed by atoms with E-state index in [1.807, 2.05) is 12.1 Å². The number of aryl methyl sites for hydroxylation is 1. The summed E-state index contributed by atoms with van der Waals surface area (Å²) in [5.41, 5.74) is 3.20. The summed E-state index contributed by atoms with van der Waals surface area (Å²) in [7, 11) is 0. The Balaban J connectivity index is 1.31. The molecule has 0 N–H and O–H groups in total. The zero-order valence-corrected chi connectivity index (χ0v) is 19.9. The quantitative estimate of drug-likeness (QED) is 0.314. The maximum absolute atomic E-state index is 12.7. The molecule has 3 nitrogen and oxygen atoms in total. The maximum atomic E-state index is 12.7. The van der Waals surface area contributed by atoms with E-state index in [0.717, 1.165) is 38.8 Å². The van der Waals surface area contributed by atoms with E-state index in [9.17, 15) is 4.79 Å². The highest BCUT2D eigenvalue weighted by atomic mass is 16.5. The van der Waals surface area contributed by atoms with Crippen LogP contribution in [-0.2, 0) is 16.7 Å². The largest absolute Gasteiger partial charge is 0.459 e. The van der Waals surface area contributed by atoms with Gasteiger partial charge in [-0.05, 0) is 55.4 Å². The molecule has 1 fully saturated rings. The lowest BCUT2D eigenvalue weighted by molar-refractivity contribution is -0.00335.